The summed E-state index contributed by atoms with van der Waals surface area (Å²) in [7, 11) is 0. The summed E-state index contributed by atoms with van der Waals surface area (Å²) in [5.74, 6) is 0.101. The number of hydrogen-bond acceptors (Lipinski definition) is 4. The van der Waals surface area contributed by atoms with Gasteiger partial charge in [-0.05, 0) is 70.1 Å². The maximum Gasteiger partial charge on any atom is 0.416 e. The minimum atomic E-state index is -4.43. The first-order chi connectivity index (χ1) is 15.7. The van der Waals surface area contributed by atoms with Gasteiger partial charge in [0.1, 0.15) is 5.60 Å². The van der Waals surface area contributed by atoms with Crippen LogP contribution in [0.3, 0.4) is 0 Å². The molecule has 2 unspecified atom stereocenters. The van der Waals surface area contributed by atoms with Crippen molar-refractivity contribution in [3.05, 3.63) is 35.7 Å². The summed E-state index contributed by atoms with van der Waals surface area (Å²) in [5, 5.41) is 2.90. The fourth-order valence-corrected chi connectivity index (χ4v) is 4.82. The summed E-state index contributed by atoms with van der Waals surface area (Å²) in [6, 6.07) is 1.87. The molecular weight excluding hydrogens is 447 g/mol. The maximum atomic E-state index is 13.6. The molecule has 9 heteroatoms. The number of amides is 2. The minimum Gasteiger partial charge on any atom is -0.444 e. The Morgan fingerprint density at radius 1 is 1.26 bits per heavy atom. The van der Waals surface area contributed by atoms with Gasteiger partial charge < -0.3 is 15.0 Å². The highest BCUT2D eigenvalue weighted by Gasteiger charge is 2.49. The zero-order valence-electron chi connectivity index (χ0n) is 20.5. The van der Waals surface area contributed by atoms with Gasteiger partial charge in [0.2, 0.25) is 5.91 Å². The third-order valence-electron chi connectivity index (χ3n) is 6.71. The van der Waals surface area contributed by atoms with Gasteiger partial charge in [0, 0.05) is 25.3 Å². The van der Waals surface area contributed by atoms with Crippen LogP contribution in [0.2, 0.25) is 0 Å². The molecule has 0 aromatic carbocycles. The summed E-state index contributed by atoms with van der Waals surface area (Å²) in [5.41, 5.74) is -0.919. The topological polar surface area (TPSA) is 71.5 Å². The average Bonchev–Trinajstić information content (AvgIpc) is 3.16. The largest absolute Gasteiger partial charge is 0.444 e. The van der Waals surface area contributed by atoms with Gasteiger partial charge in [0.25, 0.3) is 0 Å². The van der Waals surface area contributed by atoms with Crippen molar-refractivity contribution >= 4 is 17.6 Å². The van der Waals surface area contributed by atoms with Gasteiger partial charge in [-0.2, -0.15) is 13.2 Å². The molecule has 0 spiro atoms. The molecule has 3 rings (SSSR count). The third kappa shape index (κ3) is 5.91. The summed E-state index contributed by atoms with van der Waals surface area (Å²) in [4.78, 5) is 31.7. The van der Waals surface area contributed by atoms with Crippen molar-refractivity contribution in [1.29, 1.82) is 0 Å². The molecule has 2 amide bonds. The van der Waals surface area contributed by atoms with Crippen molar-refractivity contribution in [1.82, 2.24) is 15.2 Å². The first kappa shape index (κ1) is 26.0. The molecule has 1 aliphatic carbocycles. The molecule has 6 nitrogen and oxygen atoms in total. The lowest BCUT2D eigenvalue weighted by molar-refractivity contribution is -0.144. The highest BCUT2D eigenvalue weighted by atomic mass is 19.4. The van der Waals surface area contributed by atoms with E-state index < -0.39 is 28.8 Å². The van der Waals surface area contributed by atoms with Crippen LogP contribution in [0.1, 0.15) is 71.6 Å². The smallest absolute Gasteiger partial charge is 0.416 e. The highest BCUT2D eigenvalue weighted by Crippen LogP contribution is 2.46. The lowest BCUT2D eigenvalue weighted by Gasteiger charge is -2.39. The summed E-state index contributed by atoms with van der Waals surface area (Å²) < 4.78 is 44.5. The van der Waals surface area contributed by atoms with Crippen LogP contribution in [0.15, 0.2) is 24.4 Å². The van der Waals surface area contributed by atoms with E-state index in [4.69, 9.17) is 4.74 Å². The van der Waals surface area contributed by atoms with E-state index in [-0.39, 0.29) is 17.9 Å². The van der Waals surface area contributed by atoms with Gasteiger partial charge in [0.15, 0.2) is 0 Å². The Bertz CT molecular complexity index is 953. The van der Waals surface area contributed by atoms with E-state index in [1.165, 1.54) is 6.20 Å². The Kier molecular flexibility index (Phi) is 7.34. The van der Waals surface area contributed by atoms with Crippen molar-refractivity contribution in [2.45, 2.75) is 78.1 Å². The molecule has 0 radical (unpaired) electrons. The van der Waals surface area contributed by atoms with E-state index in [2.05, 4.69) is 10.3 Å². The molecule has 0 saturated heterocycles. The minimum absolute atomic E-state index is 0.0308. The zero-order chi connectivity index (χ0) is 25.3. The lowest BCUT2D eigenvalue weighted by atomic mass is 9.74. The molecule has 0 bridgehead atoms. The van der Waals surface area contributed by atoms with Crippen LogP contribution in [-0.2, 0) is 15.7 Å². The number of nitrogens with one attached hydrogen (secondary N) is 1. The van der Waals surface area contributed by atoms with Crippen LogP contribution in [-0.4, -0.2) is 46.6 Å². The molecule has 1 aromatic rings. The number of carbonyl (C=O) groups is 2. The molecule has 2 atom stereocenters. The summed E-state index contributed by atoms with van der Waals surface area (Å²) >= 11 is 0. The molecule has 1 aliphatic heterocycles. The van der Waals surface area contributed by atoms with Crippen LogP contribution in [0.4, 0.5) is 18.0 Å². The van der Waals surface area contributed by atoms with Crippen molar-refractivity contribution in [2.24, 2.45) is 11.3 Å². The molecular formula is C25H34F3N3O3. The number of aromatic nitrogens is 1. The highest BCUT2D eigenvalue weighted by molar-refractivity contribution is 5.85. The molecule has 2 heterocycles. The first-order valence-electron chi connectivity index (χ1n) is 11.7. The number of halogens is 3. The Morgan fingerprint density at radius 2 is 1.97 bits per heavy atom. The van der Waals surface area contributed by atoms with Crippen LogP contribution < -0.4 is 5.32 Å². The van der Waals surface area contributed by atoms with E-state index >= 15 is 0 Å². The van der Waals surface area contributed by atoms with Gasteiger partial charge in [-0.3, -0.25) is 9.78 Å². The van der Waals surface area contributed by atoms with Gasteiger partial charge in [-0.15, -0.1) is 0 Å². The monoisotopic (exact) mass is 481 g/mol. The molecule has 1 saturated carbocycles. The standard InChI is InChI=1S/C25H34F3N3O3/c1-16(2)24(10-6-19(15-24)30-22(33)34-23(3,4)5)21(32)31-12-8-17(9-13-31)20-14-18(7-11-29-20)25(26,27)28/h7-8,11,14,16,19H,6,9-10,12-13,15H2,1-5H3,(H,30,33). The quantitative estimate of drug-likeness (QED) is 0.622. The molecule has 1 aromatic heterocycles. The van der Waals surface area contributed by atoms with E-state index in [9.17, 15) is 22.8 Å². The van der Waals surface area contributed by atoms with Crippen LogP contribution >= 0.6 is 0 Å². The Morgan fingerprint density at radius 3 is 2.53 bits per heavy atom. The Balaban J connectivity index is 1.69. The Labute approximate surface area is 198 Å². The van der Waals surface area contributed by atoms with Crippen molar-refractivity contribution in [3.63, 3.8) is 0 Å². The number of pyridine rings is 1. The van der Waals surface area contributed by atoms with Gasteiger partial charge >= 0.3 is 12.3 Å². The molecule has 34 heavy (non-hydrogen) atoms. The number of carbonyl (C=O) groups excluding carboxylic acids is 2. The second kappa shape index (κ2) is 9.58. The number of rotatable bonds is 4. The second-order valence-corrected chi connectivity index (χ2v) is 10.6. The number of alkyl carbamates (subject to hydrolysis) is 1. The second-order valence-electron chi connectivity index (χ2n) is 10.6. The lowest BCUT2D eigenvalue weighted by Crippen LogP contribution is -2.48. The Hall–Kier alpha value is -2.58. The van der Waals surface area contributed by atoms with E-state index in [0.717, 1.165) is 12.1 Å². The molecule has 2 aliphatic rings. The van der Waals surface area contributed by atoms with Gasteiger partial charge in [-0.1, -0.05) is 19.9 Å². The summed E-state index contributed by atoms with van der Waals surface area (Å²) in [6.07, 6.45) is 0.371. The van der Waals surface area contributed by atoms with Crippen LogP contribution in [0.25, 0.3) is 5.57 Å². The third-order valence-corrected chi connectivity index (χ3v) is 6.71. The van der Waals surface area contributed by atoms with Gasteiger partial charge in [-0.25, -0.2) is 4.79 Å². The predicted octanol–water partition coefficient (Wildman–Crippen LogP) is 5.44. The van der Waals surface area contributed by atoms with Gasteiger partial charge in [0.05, 0.1) is 16.7 Å². The zero-order valence-corrected chi connectivity index (χ0v) is 20.5. The fraction of sp³-hybridized carbons (Fsp3) is 0.640. The molecule has 1 fully saturated rings. The fourth-order valence-electron chi connectivity index (χ4n) is 4.82. The van der Waals surface area contributed by atoms with Crippen molar-refractivity contribution < 1.29 is 27.5 Å². The average molecular weight is 482 g/mol. The number of ether oxygens (including phenoxy) is 1. The predicted molar refractivity (Wildman–Crippen MR) is 123 cm³/mol. The van der Waals surface area contributed by atoms with E-state index in [0.29, 0.717) is 50.0 Å². The van der Waals surface area contributed by atoms with E-state index in [1.807, 2.05) is 13.8 Å². The van der Waals surface area contributed by atoms with Crippen LogP contribution in [0, 0.1) is 11.3 Å². The van der Waals surface area contributed by atoms with E-state index in [1.54, 1.807) is 31.7 Å². The number of nitrogens with zero attached hydrogens (tertiary/aromatic N) is 2. The van der Waals surface area contributed by atoms with Crippen molar-refractivity contribution in [3.8, 4) is 0 Å². The molecule has 1 N–H and O–H groups in total. The van der Waals surface area contributed by atoms with Crippen molar-refractivity contribution in [2.75, 3.05) is 13.1 Å². The maximum absolute atomic E-state index is 13.6. The summed E-state index contributed by atoms with van der Waals surface area (Å²) in [6.45, 7) is 10.2. The SMILES string of the molecule is CC(C)C1(C(=O)N2CC=C(c3cc(C(F)(F)F)ccn3)CC2)CCC(NC(=O)OC(C)(C)C)C1. The van der Waals surface area contributed by atoms with Crippen LogP contribution in [0.5, 0.6) is 0 Å². The normalized spacial score (nSPS) is 23.6. The first-order valence-corrected chi connectivity index (χ1v) is 11.7. The number of hydrogen-bond donors (Lipinski definition) is 1. The number of alkyl halides is 3. The molecule has 188 valence electrons.